The molecule has 1 saturated heterocycles. The molecule has 5 rings (SSSR count). The van der Waals surface area contributed by atoms with E-state index in [1.165, 1.54) is 24.3 Å². The number of halogens is 1. The van der Waals surface area contributed by atoms with Gasteiger partial charge >= 0.3 is 6.03 Å². The maximum absolute atomic E-state index is 13.4. The molecule has 1 unspecified atom stereocenters. The fourth-order valence-corrected chi connectivity index (χ4v) is 3.85. The molecule has 4 aromatic rings. The first-order chi connectivity index (χ1) is 16.1. The van der Waals surface area contributed by atoms with Crippen molar-refractivity contribution in [1.82, 2.24) is 19.9 Å². The molecule has 0 N–H and O–H groups in total. The highest BCUT2D eigenvalue weighted by atomic mass is 19.1. The van der Waals surface area contributed by atoms with Crippen molar-refractivity contribution in [2.24, 2.45) is 0 Å². The van der Waals surface area contributed by atoms with Crippen LogP contribution in [-0.2, 0) is 17.9 Å². The van der Waals surface area contributed by atoms with E-state index in [2.05, 4.69) is 10.1 Å². The van der Waals surface area contributed by atoms with Gasteiger partial charge in [0.1, 0.15) is 11.9 Å². The molecule has 0 radical (unpaired) electrons. The molecular weight excluding hydrogens is 423 g/mol. The van der Waals surface area contributed by atoms with E-state index in [-0.39, 0.29) is 36.5 Å². The van der Waals surface area contributed by atoms with Crippen LogP contribution in [0.3, 0.4) is 0 Å². The Morgan fingerprint density at radius 2 is 1.52 bits per heavy atom. The van der Waals surface area contributed by atoms with Gasteiger partial charge in [0.15, 0.2) is 5.82 Å². The zero-order valence-corrected chi connectivity index (χ0v) is 17.5. The molecule has 33 heavy (non-hydrogen) atoms. The summed E-state index contributed by atoms with van der Waals surface area (Å²) in [5, 5.41) is 3.91. The minimum atomic E-state index is -0.748. The largest absolute Gasteiger partial charge is 0.334 e. The van der Waals surface area contributed by atoms with E-state index in [0.717, 1.165) is 16.0 Å². The van der Waals surface area contributed by atoms with Gasteiger partial charge in [0.2, 0.25) is 0 Å². The van der Waals surface area contributed by atoms with Crippen LogP contribution in [0.15, 0.2) is 89.5 Å². The van der Waals surface area contributed by atoms with Gasteiger partial charge in [-0.1, -0.05) is 65.8 Å². The maximum atomic E-state index is 13.4. The first-order valence-electron chi connectivity index (χ1n) is 10.4. The molecule has 3 aromatic carbocycles. The second kappa shape index (κ2) is 8.66. The van der Waals surface area contributed by atoms with E-state index >= 15 is 0 Å². The second-order valence-corrected chi connectivity index (χ2v) is 7.66. The first kappa shape index (κ1) is 20.6. The Morgan fingerprint density at radius 1 is 0.848 bits per heavy atom. The third-order valence-electron chi connectivity index (χ3n) is 5.46. The summed E-state index contributed by atoms with van der Waals surface area (Å²) in [6.45, 7) is 0.158. The molecule has 3 amide bonds. The van der Waals surface area contributed by atoms with E-state index < -0.39 is 12.1 Å². The highest BCUT2D eigenvalue weighted by molar-refractivity contribution is 6.04. The van der Waals surface area contributed by atoms with Crippen molar-refractivity contribution in [1.29, 1.82) is 0 Å². The molecule has 164 valence electrons. The summed E-state index contributed by atoms with van der Waals surface area (Å²) in [5.74, 6) is -0.360. The SMILES string of the molecule is O=C1C(c2ccccc2)N(Cc2ccccc2)C(=O)N1Cc1noc(-c2ccc(F)cc2)n1. The molecular formula is C25H19FN4O3. The summed E-state index contributed by atoms with van der Waals surface area (Å²) >= 11 is 0. The van der Waals surface area contributed by atoms with Gasteiger partial charge in [-0.25, -0.2) is 9.18 Å². The van der Waals surface area contributed by atoms with E-state index in [1.807, 2.05) is 60.7 Å². The molecule has 0 bridgehead atoms. The number of rotatable bonds is 6. The third-order valence-corrected chi connectivity index (χ3v) is 5.46. The molecule has 1 fully saturated rings. The molecule has 1 atom stereocenters. The number of imide groups is 1. The molecule has 1 aliphatic rings. The van der Waals surface area contributed by atoms with Crippen LogP contribution in [0, 0.1) is 5.82 Å². The maximum Gasteiger partial charge on any atom is 0.328 e. The molecule has 0 spiro atoms. The average Bonchev–Trinajstić information content (AvgIpc) is 3.40. The smallest absolute Gasteiger partial charge is 0.328 e. The lowest BCUT2D eigenvalue weighted by Gasteiger charge is -2.22. The number of aromatic nitrogens is 2. The van der Waals surface area contributed by atoms with Crippen molar-refractivity contribution >= 4 is 11.9 Å². The van der Waals surface area contributed by atoms with Crippen LogP contribution in [0.5, 0.6) is 0 Å². The molecule has 2 heterocycles. The number of hydrogen-bond donors (Lipinski definition) is 0. The minimum Gasteiger partial charge on any atom is -0.334 e. The zero-order valence-electron chi connectivity index (χ0n) is 17.5. The van der Waals surface area contributed by atoms with Crippen LogP contribution in [0.4, 0.5) is 9.18 Å². The van der Waals surface area contributed by atoms with Crippen LogP contribution < -0.4 is 0 Å². The zero-order chi connectivity index (χ0) is 22.8. The molecule has 1 aromatic heterocycles. The standard InChI is InChI=1S/C25H19FN4O3/c26-20-13-11-19(12-14-20)23-27-21(28-33-23)16-30-24(31)22(18-9-5-2-6-10-18)29(25(30)32)15-17-7-3-1-4-8-17/h1-14,22H,15-16H2. The third kappa shape index (κ3) is 4.10. The van der Waals surface area contributed by atoms with Gasteiger partial charge in [-0.3, -0.25) is 9.69 Å². The predicted octanol–water partition coefficient (Wildman–Crippen LogP) is 4.58. The fraction of sp³-hybridized carbons (Fsp3) is 0.120. The number of amides is 3. The number of hydrogen-bond acceptors (Lipinski definition) is 5. The van der Waals surface area contributed by atoms with Crippen molar-refractivity contribution in [3.05, 3.63) is 108 Å². The Morgan fingerprint density at radius 3 is 2.21 bits per heavy atom. The van der Waals surface area contributed by atoms with Gasteiger partial charge in [0, 0.05) is 12.1 Å². The Balaban J connectivity index is 1.42. The molecule has 0 saturated carbocycles. The van der Waals surface area contributed by atoms with Gasteiger partial charge in [-0.2, -0.15) is 4.98 Å². The van der Waals surface area contributed by atoms with E-state index in [1.54, 1.807) is 4.90 Å². The Bertz CT molecular complexity index is 1280. The Labute approximate surface area is 189 Å². The van der Waals surface area contributed by atoms with Crippen LogP contribution in [0.25, 0.3) is 11.5 Å². The van der Waals surface area contributed by atoms with Crippen LogP contribution >= 0.6 is 0 Å². The highest BCUT2D eigenvalue weighted by Gasteiger charge is 2.46. The quantitative estimate of drug-likeness (QED) is 0.409. The normalized spacial score (nSPS) is 16.0. The number of benzene rings is 3. The highest BCUT2D eigenvalue weighted by Crippen LogP contribution is 2.33. The molecule has 1 aliphatic heterocycles. The van der Waals surface area contributed by atoms with Gasteiger partial charge in [-0.05, 0) is 35.4 Å². The van der Waals surface area contributed by atoms with Crippen molar-refractivity contribution in [3.63, 3.8) is 0 Å². The molecule has 0 aliphatic carbocycles. The van der Waals surface area contributed by atoms with Crippen LogP contribution in [0.2, 0.25) is 0 Å². The van der Waals surface area contributed by atoms with Gasteiger partial charge in [0.25, 0.3) is 11.8 Å². The summed E-state index contributed by atoms with van der Waals surface area (Å²) in [7, 11) is 0. The number of carbonyl (C=O) groups excluding carboxylic acids is 2. The lowest BCUT2D eigenvalue weighted by molar-refractivity contribution is -0.129. The lowest BCUT2D eigenvalue weighted by atomic mass is 10.1. The summed E-state index contributed by atoms with van der Waals surface area (Å²) in [6, 6.07) is 23.2. The molecule has 8 heteroatoms. The average molecular weight is 442 g/mol. The number of carbonyl (C=O) groups is 2. The number of nitrogens with zero attached hydrogens (tertiary/aromatic N) is 4. The van der Waals surface area contributed by atoms with Gasteiger partial charge < -0.3 is 9.42 Å². The van der Waals surface area contributed by atoms with Crippen molar-refractivity contribution in [3.8, 4) is 11.5 Å². The summed E-state index contributed by atoms with van der Waals surface area (Å²) in [6.07, 6.45) is 0. The first-order valence-corrected chi connectivity index (χ1v) is 10.4. The van der Waals surface area contributed by atoms with Crippen molar-refractivity contribution in [2.75, 3.05) is 0 Å². The van der Waals surface area contributed by atoms with Crippen molar-refractivity contribution in [2.45, 2.75) is 19.1 Å². The van der Waals surface area contributed by atoms with E-state index in [4.69, 9.17) is 4.52 Å². The van der Waals surface area contributed by atoms with Gasteiger partial charge in [-0.15, -0.1) is 0 Å². The van der Waals surface area contributed by atoms with E-state index in [9.17, 15) is 14.0 Å². The summed E-state index contributed by atoms with van der Waals surface area (Å²) < 4.78 is 18.4. The fourth-order valence-electron chi connectivity index (χ4n) is 3.85. The monoisotopic (exact) mass is 442 g/mol. The summed E-state index contributed by atoms with van der Waals surface area (Å²) in [5.41, 5.74) is 2.19. The molecule has 7 nitrogen and oxygen atoms in total. The van der Waals surface area contributed by atoms with Gasteiger partial charge in [0.05, 0.1) is 6.54 Å². The van der Waals surface area contributed by atoms with E-state index in [0.29, 0.717) is 5.56 Å². The van der Waals surface area contributed by atoms with Crippen LogP contribution in [0.1, 0.15) is 23.0 Å². The minimum absolute atomic E-state index is 0.128. The lowest BCUT2D eigenvalue weighted by Crippen LogP contribution is -2.32. The summed E-state index contributed by atoms with van der Waals surface area (Å²) in [4.78, 5) is 33.7. The Kier molecular flexibility index (Phi) is 5.40. The Hall–Kier alpha value is -4.33. The second-order valence-electron chi connectivity index (χ2n) is 7.66. The van der Waals surface area contributed by atoms with Crippen LogP contribution in [-0.4, -0.2) is 31.9 Å². The topological polar surface area (TPSA) is 79.5 Å². The predicted molar refractivity (Wildman–Crippen MR) is 117 cm³/mol. The van der Waals surface area contributed by atoms with Crippen molar-refractivity contribution < 1.29 is 18.5 Å². The number of urea groups is 1.